The quantitative estimate of drug-likeness (QED) is 0.744. The Morgan fingerprint density at radius 3 is 2.71 bits per heavy atom. The zero-order chi connectivity index (χ0) is 10.6. The minimum absolute atomic E-state index is 0.0222. The zero-order valence-corrected chi connectivity index (χ0v) is 8.87. The Labute approximate surface area is 84.7 Å². The van der Waals surface area contributed by atoms with Crippen LogP contribution in [0.5, 0.6) is 0 Å². The van der Waals surface area contributed by atoms with Crippen molar-refractivity contribution in [1.82, 2.24) is 5.01 Å². The fourth-order valence-electron chi connectivity index (χ4n) is 1.25. The molecule has 0 saturated heterocycles. The molecule has 0 bridgehead atoms. The smallest absolute Gasteiger partial charge is 0.237 e. The Hall–Kier alpha value is -1.51. The van der Waals surface area contributed by atoms with Gasteiger partial charge in [-0.2, -0.15) is 0 Å². The van der Waals surface area contributed by atoms with Gasteiger partial charge >= 0.3 is 0 Å². The molecule has 0 radical (unpaired) electrons. The Balaban J connectivity index is 2.72. The highest BCUT2D eigenvalue weighted by atomic mass is 16.2. The van der Waals surface area contributed by atoms with E-state index in [1.165, 1.54) is 5.56 Å². The SMILES string of the molecule is CCN(Nc1cccc(C)c1)C(C)=O. The molecule has 1 aromatic rings. The Morgan fingerprint density at radius 1 is 1.50 bits per heavy atom. The molecule has 14 heavy (non-hydrogen) atoms. The second-order valence-corrected chi connectivity index (χ2v) is 3.24. The van der Waals surface area contributed by atoms with Gasteiger partial charge in [-0.3, -0.25) is 15.2 Å². The van der Waals surface area contributed by atoms with Crippen LogP contribution in [0.1, 0.15) is 19.4 Å². The fourth-order valence-corrected chi connectivity index (χ4v) is 1.25. The topological polar surface area (TPSA) is 32.3 Å². The lowest BCUT2D eigenvalue weighted by molar-refractivity contribution is -0.127. The van der Waals surface area contributed by atoms with Gasteiger partial charge in [0.1, 0.15) is 0 Å². The van der Waals surface area contributed by atoms with Crippen LogP contribution >= 0.6 is 0 Å². The van der Waals surface area contributed by atoms with Crippen LogP contribution in [0.15, 0.2) is 24.3 Å². The number of aryl methyl sites for hydroxylation is 1. The van der Waals surface area contributed by atoms with Crippen molar-refractivity contribution in [2.75, 3.05) is 12.0 Å². The summed E-state index contributed by atoms with van der Waals surface area (Å²) in [4.78, 5) is 11.1. The maximum Gasteiger partial charge on any atom is 0.237 e. The van der Waals surface area contributed by atoms with Crippen molar-refractivity contribution in [2.24, 2.45) is 0 Å². The Morgan fingerprint density at radius 2 is 2.21 bits per heavy atom. The first kappa shape index (κ1) is 10.6. The molecular weight excluding hydrogens is 176 g/mol. The lowest BCUT2D eigenvalue weighted by Crippen LogP contribution is -2.34. The average molecular weight is 192 g/mol. The first-order valence-electron chi connectivity index (χ1n) is 4.75. The van der Waals surface area contributed by atoms with Gasteiger partial charge in [-0.15, -0.1) is 0 Å². The van der Waals surface area contributed by atoms with Crippen molar-refractivity contribution in [1.29, 1.82) is 0 Å². The molecule has 0 aromatic heterocycles. The predicted molar refractivity (Wildman–Crippen MR) is 57.9 cm³/mol. The van der Waals surface area contributed by atoms with Gasteiger partial charge in [0.25, 0.3) is 0 Å². The molecule has 0 spiro atoms. The summed E-state index contributed by atoms with van der Waals surface area (Å²) in [6.07, 6.45) is 0. The molecule has 3 heteroatoms. The summed E-state index contributed by atoms with van der Waals surface area (Å²) in [5, 5.41) is 1.58. The molecule has 0 aliphatic heterocycles. The molecule has 0 atom stereocenters. The van der Waals surface area contributed by atoms with Crippen LogP contribution < -0.4 is 5.43 Å². The van der Waals surface area contributed by atoms with Crippen molar-refractivity contribution in [3.8, 4) is 0 Å². The lowest BCUT2D eigenvalue weighted by Gasteiger charge is -2.21. The van der Waals surface area contributed by atoms with Crippen LogP contribution in [0.4, 0.5) is 5.69 Å². The molecule has 1 aromatic carbocycles. The van der Waals surface area contributed by atoms with Crippen molar-refractivity contribution in [3.63, 3.8) is 0 Å². The number of rotatable bonds is 3. The average Bonchev–Trinajstić information content (AvgIpc) is 2.14. The van der Waals surface area contributed by atoms with Crippen LogP contribution in [-0.4, -0.2) is 17.5 Å². The second kappa shape index (κ2) is 4.65. The Bertz CT molecular complexity index is 323. The van der Waals surface area contributed by atoms with E-state index in [0.717, 1.165) is 5.69 Å². The first-order valence-corrected chi connectivity index (χ1v) is 4.75. The van der Waals surface area contributed by atoms with Gasteiger partial charge in [0, 0.05) is 13.5 Å². The number of anilines is 1. The van der Waals surface area contributed by atoms with E-state index in [9.17, 15) is 4.79 Å². The zero-order valence-electron chi connectivity index (χ0n) is 8.87. The minimum Gasteiger partial charge on any atom is -0.296 e. The molecule has 3 nitrogen and oxygen atoms in total. The maximum atomic E-state index is 11.1. The molecule has 0 aliphatic carbocycles. The standard InChI is InChI=1S/C11H16N2O/c1-4-13(10(3)14)12-11-7-5-6-9(2)8-11/h5-8,12H,4H2,1-3H3. The Kier molecular flexibility index (Phi) is 3.51. The normalized spacial score (nSPS) is 9.64. The number of carbonyl (C=O) groups is 1. The highest BCUT2D eigenvalue weighted by Gasteiger charge is 2.04. The lowest BCUT2D eigenvalue weighted by atomic mass is 10.2. The van der Waals surface area contributed by atoms with Crippen LogP contribution in [0, 0.1) is 6.92 Å². The first-order chi connectivity index (χ1) is 6.63. The van der Waals surface area contributed by atoms with Gasteiger partial charge in [0.15, 0.2) is 0 Å². The molecule has 0 unspecified atom stereocenters. The monoisotopic (exact) mass is 192 g/mol. The molecule has 1 N–H and O–H groups in total. The van der Waals surface area contributed by atoms with Crippen LogP contribution in [-0.2, 0) is 4.79 Å². The number of benzene rings is 1. The van der Waals surface area contributed by atoms with Crippen LogP contribution in [0.2, 0.25) is 0 Å². The van der Waals surface area contributed by atoms with E-state index >= 15 is 0 Å². The van der Waals surface area contributed by atoms with E-state index in [0.29, 0.717) is 6.54 Å². The summed E-state index contributed by atoms with van der Waals surface area (Å²) < 4.78 is 0. The van der Waals surface area contributed by atoms with Gasteiger partial charge in [-0.25, -0.2) is 0 Å². The summed E-state index contributed by atoms with van der Waals surface area (Å²) in [6, 6.07) is 7.94. The van der Waals surface area contributed by atoms with E-state index in [1.807, 2.05) is 38.1 Å². The molecule has 0 heterocycles. The predicted octanol–water partition coefficient (Wildman–Crippen LogP) is 2.19. The summed E-state index contributed by atoms with van der Waals surface area (Å²) >= 11 is 0. The molecule has 1 amide bonds. The van der Waals surface area contributed by atoms with E-state index in [-0.39, 0.29) is 5.91 Å². The molecule has 0 aliphatic rings. The third kappa shape index (κ3) is 2.76. The number of amides is 1. The van der Waals surface area contributed by atoms with Crippen molar-refractivity contribution in [3.05, 3.63) is 29.8 Å². The second-order valence-electron chi connectivity index (χ2n) is 3.24. The number of hydrogen-bond acceptors (Lipinski definition) is 2. The summed E-state index contributed by atoms with van der Waals surface area (Å²) in [5.74, 6) is 0.0222. The van der Waals surface area contributed by atoms with Gasteiger partial charge < -0.3 is 0 Å². The third-order valence-corrected chi connectivity index (χ3v) is 1.98. The number of nitrogens with zero attached hydrogens (tertiary/aromatic N) is 1. The molecule has 76 valence electrons. The summed E-state index contributed by atoms with van der Waals surface area (Å²) in [6.45, 7) is 6.16. The number of carbonyl (C=O) groups excluding carboxylic acids is 1. The highest BCUT2D eigenvalue weighted by Crippen LogP contribution is 2.10. The van der Waals surface area contributed by atoms with Crippen molar-refractivity contribution in [2.45, 2.75) is 20.8 Å². The summed E-state index contributed by atoms with van der Waals surface area (Å²) in [7, 11) is 0. The van der Waals surface area contributed by atoms with Crippen LogP contribution in [0.25, 0.3) is 0 Å². The van der Waals surface area contributed by atoms with E-state index in [4.69, 9.17) is 0 Å². The molecule has 1 rings (SSSR count). The number of nitrogens with one attached hydrogen (secondary N) is 1. The largest absolute Gasteiger partial charge is 0.296 e. The highest BCUT2D eigenvalue weighted by molar-refractivity contribution is 5.74. The van der Waals surface area contributed by atoms with Gasteiger partial charge in [-0.1, -0.05) is 12.1 Å². The number of hydrogen-bond donors (Lipinski definition) is 1. The van der Waals surface area contributed by atoms with Crippen LogP contribution in [0.3, 0.4) is 0 Å². The third-order valence-electron chi connectivity index (χ3n) is 1.98. The van der Waals surface area contributed by atoms with Gasteiger partial charge in [0.05, 0.1) is 5.69 Å². The van der Waals surface area contributed by atoms with Crippen molar-refractivity contribution >= 4 is 11.6 Å². The summed E-state index contributed by atoms with van der Waals surface area (Å²) in [5.41, 5.74) is 5.17. The molecule has 0 saturated carbocycles. The maximum absolute atomic E-state index is 11.1. The van der Waals surface area contributed by atoms with E-state index in [2.05, 4.69) is 5.43 Å². The van der Waals surface area contributed by atoms with E-state index < -0.39 is 0 Å². The fraction of sp³-hybridized carbons (Fsp3) is 0.364. The van der Waals surface area contributed by atoms with E-state index in [1.54, 1.807) is 11.9 Å². The molecule has 0 fully saturated rings. The minimum atomic E-state index is 0.0222. The molecular formula is C11H16N2O. The van der Waals surface area contributed by atoms with Crippen molar-refractivity contribution < 1.29 is 4.79 Å². The van der Waals surface area contributed by atoms with Gasteiger partial charge in [0.2, 0.25) is 5.91 Å². The van der Waals surface area contributed by atoms with Gasteiger partial charge in [-0.05, 0) is 31.5 Å². The number of hydrazine groups is 1.